The van der Waals surface area contributed by atoms with Crippen LogP contribution in [0.5, 0.6) is 0 Å². The Kier molecular flexibility index (Phi) is 7.70. The van der Waals surface area contributed by atoms with E-state index in [2.05, 4.69) is 10.6 Å². The first-order valence-electron chi connectivity index (χ1n) is 8.20. The van der Waals surface area contributed by atoms with E-state index in [1.165, 1.54) is 31.2 Å². The predicted molar refractivity (Wildman–Crippen MR) is 95.0 cm³/mol. The van der Waals surface area contributed by atoms with Crippen LogP contribution in [0.25, 0.3) is 0 Å². The zero-order chi connectivity index (χ0) is 19.9. The maximum absolute atomic E-state index is 12.4. The maximum atomic E-state index is 12.4. The quantitative estimate of drug-likeness (QED) is 0.435. The molecule has 2 atom stereocenters. The zero-order valence-electron chi connectivity index (χ0n) is 15.0. The van der Waals surface area contributed by atoms with Gasteiger partial charge < -0.3 is 16.4 Å². The molecule has 0 aliphatic heterocycles. The summed E-state index contributed by atoms with van der Waals surface area (Å²) in [7, 11) is 0. The van der Waals surface area contributed by atoms with Gasteiger partial charge in [0.15, 0.2) is 0 Å². The number of benzene rings is 1. The highest BCUT2D eigenvalue weighted by molar-refractivity contribution is 5.91. The van der Waals surface area contributed by atoms with Crippen LogP contribution in [0, 0.1) is 16.0 Å². The number of hydrogen-bond donors (Lipinski definition) is 3. The number of nitro groups is 1. The van der Waals surface area contributed by atoms with Crippen LogP contribution in [0.2, 0.25) is 0 Å². The Morgan fingerprint density at radius 2 is 1.69 bits per heavy atom. The van der Waals surface area contributed by atoms with Crippen molar-refractivity contribution in [2.75, 3.05) is 0 Å². The number of primary amides is 1. The molecule has 142 valence electrons. The van der Waals surface area contributed by atoms with Gasteiger partial charge in [-0.2, -0.15) is 0 Å². The molecule has 0 heterocycles. The molecule has 4 N–H and O–H groups in total. The summed E-state index contributed by atoms with van der Waals surface area (Å²) in [6.07, 6.45) is 0.502. The Hall–Kier alpha value is -2.97. The van der Waals surface area contributed by atoms with E-state index < -0.39 is 28.8 Å². The number of carbonyl (C=O) groups excluding carboxylic acids is 3. The summed E-state index contributed by atoms with van der Waals surface area (Å²) in [5.74, 6) is -1.43. The van der Waals surface area contributed by atoms with Crippen molar-refractivity contribution in [2.45, 2.75) is 45.7 Å². The molecule has 0 bridgehead atoms. The summed E-state index contributed by atoms with van der Waals surface area (Å²) in [5.41, 5.74) is 5.90. The average molecular weight is 364 g/mol. The topological polar surface area (TPSA) is 144 Å². The number of nitro benzene ring substituents is 1. The minimum atomic E-state index is -0.993. The molecule has 0 aliphatic carbocycles. The highest BCUT2D eigenvalue weighted by atomic mass is 16.6. The lowest BCUT2D eigenvalue weighted by atomic mass is 10.0. The number of nitrogens with two attached hydrogens (primary N) is 1. The number of nitrogens with zero attached hydrogens (tertiary/aromatic N) is 1. The van der Waals surface area contributed by atoms with Crippen molar-refractivity contribution in [3.05, 3.63) is 39.9 Å². The van der Waals surface area contributed by atoms with Crippen molar-refractivity contribution in [1.82, 2.24) is 10.6 Å². The van der Waals surface area contributed by atoms with Crippen LogP contribution in [-0.2, 0) is 20.8 Å². The summed E-state index contributed by atoms with van der Waals surface area (Å²) in [6.45, 7) is 5.12. The van der Waals surface area contributed by atoms with E-state index in [1.54, 1.807) is 0 Å². The van der Waals surface area contributed by atoms with Crippen molar-refractivity contribution in [3.63, 3.8) is 0 Å². The smallest absolute Gasteiger partial charge is 0.269 e. The van der Waals surface area contributed by atoms with Gasteiger partial charge in [-0.25, -0.2) is 0 Å². The number of amides is 3. The van der Waals surface area contributed by atoms with E-state index >= 15 is 0 Å². The van der Waals surface area contributed by atoms with Gasteiger partial charge in [-0.05, 0) is 17.9 Å². The van der Waals surface area contributed by atoms with Gasteiger partial charge in [0.2, 0.25) is 17.7 Å². The first kappa shape index (κ1) is 21.1. The Balaban J connectivity index is 2.85. The molecule has 0 aromatic heterocycles. The fourth-order valence-electron chi connectivity index (χ4n) is 2.43. The number of rotatable bonds is 9. The van der Waals surface area contributed by atoms with E-state index in [4.69, 9.17) is 5.73 Å². The molecule has 0 radical (unpaired) electrons. The van der Waals surface area contributed by atoms with Crippen LogP contribution >= 0.6 is 0 Å². The zero-order valence-corrected chi connectivity index (χ0v) is 15.0. The summed E-state index contributed by atoms with van der Waals surface area (Å²) in [5, 5.41) is 15.8. The van der Waals surface area contributed by atoms with Gasteiger partial charge >= 0.3 is 0 Å². The SMILES string of the molecule is CC(=O)N[C@@H](CC(C)C)C(=O)N[C@H](Cc1ccc([N+](=O)[O-])cc1)C(N)=O. The highest BCUT2D eigenvalue weighted by Crippen LogP contribution is 2.13. The van der Waals surface area contributed by atoms with Crippen LogP contribution in [0.3, 0.4) is 0 Å². The van der Waals surface area contributed by atoms with E-state index in [0.717, 1.165) is 0 Å². The third kappa shape index (κ3) is 6.88. The van der Waals surface area contributed by atoms with E-state index in [-0.39, 0.29) is 23.9 Å². The molecule has 1 aromatic carbocycles. The number of nitrogens with one attached hydrogen (secondary N) is 2. The lowest BCUT2D eigenvalue weighted by Crippen LogP contribution is -2.53. The van der Waals surface area contributed by atoms with Gasteiger partial charge in [-0.15, -0.1) is 0 Å². The Morgan fingerprint density at radius 1 is 1.12 bits per heavy atom. The fraction of sp³-hybridized carbons (Fsp3) is 0.471. The molecule has 0 spiro atoms. The van der Waals surface area contributed by atoms with Crippen LogP contribution in [0.4, 0.5) is 5.69 Å². The van der Waals surface area contributed by atoms with Crippen LogP contribution in [-0.4, -0.2) is 34.7 Å². The van der Waals surface area contributed by atoms with Gasteiger partial charge in [0.1, 0.15) is 12.1 Å². The van der Waals surface area contributed by atoms with E-state index in [1.807, 2.05) is 13.8 Å². The number of carbonyl (C=O) groups is 3. The van der Waals surface area contributed by atoms with Gasteiger partial charge in [0.25, 0.3) is 5.69 Å². The van der Waals surface area contributed by atoms with Gasteiger partial charge in [-0.1, -0.05) is 26.0 Å². The molecule has 1 aromatic rings. The van der Waals surface area contributed by atoms with E-state index in [9.17, 15) is 24.5 Å². The predicted octanol–water partition coefficient (Wildman–Crippen LogP) is 0.658. The molecule has 0 saturated heterocycles. The van der Waals surface area contributed by atoms with Gasteiger partial charge in [-0.3, -0.25) is 24.5 Å². The normalized spacial score (nSPS) is 12.9. The van der Waals surface area contributed by atoms with Crippen molar-refractivity contribution >= 4 is 23.4 Å². The standard InChI is InChI=1S/C17H24N4O5/c1-10(2)8-15(19-11(3)22)17(24)20-14(16(18)23)9-12-4-6-13(7-5-12)21(25)26/h4-7,10,14-15H,8-9H2,1-3H3,(H2,18,23)(H,19,22)(H,20,24)/t14-,15+/m1/s1. The third-order valence-corrected chi connectivity index (χ3v) is 3.65. The van der Waals surface area contributed by atoms with Crippen molar-refractivity contribution in [1.29, 1.82) is 0 Å². The van der Waals surface area contributed by atoms with Crippen molar-refractivity contribution in [2.24, 2.45) is 11.7 Å². The van der Waals surface area contributed by atoms with Crippen LogP contribution in [0.1, 0.15) is 32.8 Å². The third-order valence-electron chi connectivity index (χ3n) is 3.65. The lowest BCUT2D eigenvalue weighted by molar-refractivity contribution is -0.384. The Labute approximate surface area is 151 Å². The maximum Gasteiger partial charge on any atom is 0.269 e. The largest absolute Gasteiger partial charge is 0.368 e. The van der Waals surface area contributed by atoms with Crippen molar-refractivity contribution in [3.8, 4) is 0 Å². The second kappa shape index (κ2) is 9.50. The fourth-order valence-corrected chi connectivity index (χ4v) is 2.43. The summed E-state index contributed by atoms with van der Waals surface area (Å²) >= 11 is 0. The van der Waals surface area contributed by atoms with Gasteiger partial charge in [0.05, 0.1) is 4.92 Å². The Bertz CT molecular complexity index is 672. The summed E-state index contributed by atoms with van der Waals surface area (Å²) in [6, 6.07) is 3.86. The molecular weight excluding hydrogens is 340 g/mol. The monoisotopic (exact) mass is 364 g/mol. The molecule has 9 nitrogen and oxygen atoms in total. The average Bonchev–Trinajstić information content (AvgIpc) is 2.53. The molecular formula is C17H24N4O5. The second-order valence-corrected chi connectivity index (χ2v) is 6.47. The summed E-state index contributed by atoms with van der Waals surface area (Å²) in [4.78, 5) is 45.6. The minimum absolute atomic E-state index is 0.0731. The second-order valence-electron chi connectivity index (χ2n) is 6.47. The molecule has 0 unspecified atom stereocenters. The van der Waals surface area contributed by atoms with E-state index in [0.29, 0.717) is 12.0 Å². The minimum Gasteiger partial charge on any atom is -0.368 e. The first-order valence-corrected chi connectivity index (χ1v) is 8.20. The molecule has 26 heavy (non-hydrogen) atoms. The van der Waals surface area contributed by atoms with Crippen LogP contribution in [0.15, 0.2) is 24.3 Å². The highest BCUT2D eigenvalue weighted by Gasteiger charge is 2.26. The molecule has 0 fully saturated rings. The molecule has 0 saturated carbocycles. The van der Waals surface area contributed by atoms with Crippen molar-refractivity contribution < 1.29 is 19.3 Å². The number of non-ortho nitro benzene ring substituents is 1. The molecule has 1 rings (SSSR count). The summed E-state index contributed by atoms with van der Waals surface area (Å²) < 4.78 is 0. The van der Waals surface area contributed by atoms with Gasteiger partial charge in [0, 0.05) is 25.5 Å². The molecule has 9 heteroatoms. The Morgan fingerprint density at radius 3 is 2.12 bits per heavy atom. The molecule has 0 aliphatic rings. The lowest BCUT2D eigenvalue weighted by Gasteiger charge is -2.22. The first-order chi connectivity index (χ1) is 12.1. The molecule has 3 amide bonds. The van der Waals surface area contributed by atoms with Crippen LogP contribution < -0.4 is 16.4 Å². The number of hydrogen-bond acceptors (Lipinski definition) is 5.